The van der Waals surface area contributed by atoms with E-state index in [4.69, 9.17) is 5.73 Å². The van der Waals surface area contributed by atoms with Crippen LogP contribution in [-0.4, -0.2) is 24.0 Å². The minimum Gasteiger partial charge on any atom is -0.366 e. The van der Waals surface area contributed by atoms with Gasteiger partial charge < -0.3 is 16.4 Å². The number of hydrogen-bond donors (Lipinski definition) is 3. The standard InChI is InChI=1S/C26H27N3O4/c1-16-5-9-22(10-6-16)29-26(33)20-7-11-23(12-8-20)28-25(32)19(4)21(15-30)14-17(2)13-18(3)24(27)31/h5-12,14-15,19H,2-3,13H2,1,4H3,(H2,27,31)(H,28,32)(H,29,33)/b21-14-. The fraction of sp³-hybridized carbons (Fsp3) is 0.154. The van der Waals surface area contributed by atoms with Gasteiger partial charge in [0.1, 0.15) is 6.29 Å². The van der Waals surface area contributed by atoms with Crippen LogP contribution in [0.2, 0.25) is 0 Å². The first-order valence-corrected chi connectivity index (χ1v) is 10.2. The van der Waals surface area contributed by atoms with E-state index in [1.54, 1.807) is 31.2 Å². The molecule has 1 atom stereocenters. The van der Waals surface area contributed by atoms with Gasteiger partial charge in [-0.2, -0.15) is 0 Å². The van der Waals surface area contributed by atoms with E-state index in [1.807, 2.05) is 31.2 Å². The van der Waals surface area contributed by atoms with Crippen LogP contribution < -0.4 is 16.4 Å². The number of carbonyl (C=O) groups is 4. The lowest BCUT2D eigenvalue weighted by Crippen LogP contribution is -2.23. The van der Waals surface area contributed by atoms with E-state index >= 15 is 0 Å². The second kappa shape index (κ2) is 11.4. The van der Waals surface area contributed by atoms with Crippen LogP contribution in [0.1, 0.15) is 29.3 Å². The zero-order chi connectivity index (χ0) is 24.5. The number of nitrogens with one attached hydrogen (secondary N) is 2. The molecule has 2 rings (SSSR count). The van der Waals surface area contributed by atoms with Crippen molar-refractivity contribution in [1.82, 2.24) is 0 Å². The average molecular weight is 446 g/mol. The molecule has 0 aliphatic heterocycles. The van der Waals surface area contributed by atoms with E-state index in [1.165, 1.54) is 6.08 Å². The van der Waals surface area contributed by atoms with Crippen LogP contribution in [0.5, 0.6) is 0 Å². The molecule has 0 fully saturated rings. The van der Waals surface area contributed by atoms with Gasteiger partial charge in [0, 0.05) is 34.5 Å². The lowest BCUT2D eigenvalue weighted by Gasteiger charge is -2.13. The maximum absolute atomic E-state index is 12.6. The van der Waals surface area contributed by atoms with E-state index in [9.17, 15) is 19.2 Å². The third kappa shape index (κ3) is 7.43. The Morgan fingerprint density at radius 2 is 1.52 bits per heavy atom. The van der Waals surface area contributed by atoms with Gasteiger partial charge in [-0.25, -0.2) is 0 Å². The van der Waals surface area contributed by atoms with Crippen LogP contribution in [0, 0.1) is 12.8 Å². The first-order chi connectivity index (χ1) is 15.6. The number of aryl methyl sites for hydroxylation is 1. The zero-order valence-corrected chi connectivity index (χ0v) is 18.7. The van der Waals surface area contributed by atoms with Crippen LogP contribution in [0.4, 0.5) is 11.4 Å². The van der Waals surface area contributed by atoms with E-state index in [-0.39, 0.29) is 23.5 Å². The number of benzene rings is 2. The summed E-state index contributed by atoms with van der Waals surface area (Å²) in [7, 11) is 0. The van der Waals surface area contributed by atoms with E-state index in [0.717, 1.165) is 5.56 Å². The number of carbonyl (C=O) groups excluding carboxylic acids is 4. The summed E-state index contributed by atoms with van der Waals surface area (Å²) in [6.07, 6.45) is 2.12. The average Bonchev–Trinajstić information content (AvgIpc) is 2.78. The van der Waals surface area contributed by atoms with E-state index in [2.05, 4.69) is 23.8 Å². The van der Waals surface area contributed by atoms with E-state index < -0.39 is 17.7 Å². The summed E-state index contributed by atoms with van der Waals surface area (Å²) in [6.45, 7) is 10.9. The number of amides is 3. The second-order valence-electron chi connectivity index (χ2n) is 7.67. The summed E-state index contributed by atoms with van der Waals surface area (Å²) in [4.78, 5) is 47.6. The lowest BCUT2D eigenvalue weighted by molar-refractivity contribution is -0.119. The van der Waals surface area contributed by atoms with E-state index in [0.29, 0.717) is 28.8 Å². The summed E-state index contributed by atoms with van der Waals surface area (Å²) in [6, 6.07) is 13.8. The number of aldehydes is 1. The second-order valence-corrected chi connectivity index (χ2v) is 7.67. The number of rotatable bonds is 10. The Labute approximate surface area is 193 Å². The summed E-state index contributed by atoms with van der Waals surface area (Å²) >= 11 is 0. The summed E-state index contributed by atoms with van der Waals surface area (Å²) < 4.78 is 0. The highest BCUT2D eigenvalue weighted by Gasteiger charge is 2.18. The summed E-state index contributed by atoms with van der Waals surface area (Å²) in [5.41, 5.74) is 8.63. The van der Waals surface area contributed by atoms with Crippen molar-refractivity contribution in [2.45, 2.75) is 20.3 Å². The number of anilines is 2. The highest BCUT2D eigenvalue weighted by molar-refractivity contribution is 6.05. The minimum absolute atomic E-state index is 0.104. The Hall–Kier alpha value is -4.26. The molecule has 0 spiro atoms. The molecule has 0 aliphatic rings. The smallest absolute Gasteiger partial charge is 0.255 e. The number of allylic oxidation sites excluding steroid dienone is 2. The molecular formula is C26H27N3O4. The van der Waals surface area contributed by atoms with Crippen LogP contribution in [0.3, 0.4) is 0 Å². The number of primary amides is 1. The monoisotopic (exact) mass is 445 g/mol. The highest BCUT2D eigenvalue weighted by Crippen LogP contribution is 2.18. The van der Waals surface area contributed by atoms with Crippen LogP contribution in [0.25, 0.3) is 0 Å². The Morgan fingerprint density at radius 3 is 2.06 bits per heavy atom. The maximum atomic E-state index is 12.6. The molecule has 7 heteroatoms. The first-order valence-electron chi connectivity index (χ1n) is 10.2. The van der Waals surface area contributed by atoms with Crippen LogP contribution in [0.15, 0.2) is 84.5 Å². The normalized spacial score (nSPS) is 11.8. The van der Waals surface area contributed by atoms with Crippen LogP contribution >= 0.6 is 0 Å². The molecule has 4 N–H and O–H groups in total. The van der Waals surface area contributed by atoms with Crippen LogP contribution in [-0.2, 0) is 14.4 Å². The maximum Gasteiger partial charge on any atom is 0.255 e. The highest BCUT2D eigenvalue weighted by atomic mass is 16.2. The van der Waals surface area contributed by atoms with Gasteiger partial charge in [-0.1, -0.05) is 42.5 Å². The molecule has 0 radical (unpaired) electrons. The molecule has 2 aromatic carbocycles. The predicted octanol–water partition coefficient (Wildman–Crippen LogP) is 3.94. The molecular weight excluding hydrogens is 418 g/mol. The molecule has 33 heavy (non-hydrogen) atoms. The van der Waals surface area contributed by atoms with Crippen molar-refractivity contribution < 1.29 is 19.2 Å². The fourth-order valence-electron chi connectivity index (χ4n) is 2.86. The van der Waals surface area contributed by atoms with Crippen molar-refractivity contribution in [3.05, 3.63) is 95.6 Å². The van der Waals surface area contributed by atoms with Crippen molar-refractivity contribution in [2.75, 3.05) is 10.6 Å². The van der Waals surface area contributed by atoms with Crippen molar-refractivity contribution in [2.24, 2.45) is 11.7 Å². The molecule has 0 saturated carbocycles. The Balaban J connectivity index is 2.01. The van der Waals surface area contributed by atoms with Crippen molar-refractivity contribution in [3.63, 3.8) is 0 Å². The van der Waals surface area contributed by atoms with Gasteiger partial charge in [-0.15, -0.1) is 0 Å². The summed E-state index contributed by atoms with van der Waals surface area (Å²) in [5, 5.41) is 5.53. The molecule has 2 aromatic rings. The van der Waals surface area contributed by atoms with Crippen molar-refractivity contribution in [3.8, 4) is 0 Å². The molecule has 0 aliphatic carbocycles. The Kier molecular flexibility index (Phi) is 8.63. The van der Waals surface area contributed by atoms with Gasteiger partial charge in [0.15, 0.2) is 0 Å². The predicted molar refractivity (Wildman–Crippen MR) is 130 cm³/mol. The topological polar surface area (TPSA) is 118 Å². The van der Waals surface area contributed by atoms with Crippen molar-refractivity contribution in [1.29, 1.82) is 0 Å². The molecule has 0 heterocycles. The molecule has 0 aromatic heterocycles. The molecule has 0 bridgehead atoms. The minimum atomic E-state index is -0.773. The molecule has 7 nitrogen and oxygen atoms in total. The van der Waals surface area contributed by atoms with Gasteiger partial charge in [0.25, 0.3) is 5.91 Å². The number of nitrogens with two attached hydrogens (primary N) is 1. The number of hydrogen-bond acceptors (Lipinski definition) is 4. The summed E-state index contributed by atoms with van der Waals surface area (Å²) in [5.74, 6) is -2.11. The fourth-order valence-corrected chi connectivity index (χ4v) is 2.86. The first kappa shape index (κ1) is 25.0. The largest absolute Gasteiger partial charge is 0.366 e. The van der Waals surface area contributed by atoms with Gasteiger partial charge in [-0.05, 0) is 50.2 Å². The molecule has 170 valence electrons. The van der Waals surface area contributed by atoms with Gasteiger partial charge >= 0.3 is 0 Å². The Bertz CT molecular complexity index is 1110. The van der Waals surface area contributed by atoms with Gasteiger partial charge in [-0.3, -0.25) is 19.2 Å². The van der Waals surface area contributed by atoms with Crippen molar-refractivity contribution >= 4 is 35.4 Å². The molecule has 3 amide bonds. The quantitative estimate of drug-likeness (QED) is 0.292. The third-order valence-electron chi connectivity index (χ3n) is 4.91. The zero-order valence-electron chi connectivity index (χ0n) is 18.7. The van der Waals surface area contributed by atoms with Gasteiger partial charge in [0.05, 0.1) is 5.92 Å². The lowest BCUT2D eigenvalue weighted by atomic mass is 9.97. The molecule has 0 saturated heterocycles. The SMILES string of the molecule is C=C(/C=C(/C=O)C(C)C(=O)Nc1ccc(C(=O)Nc2ccc(C)cc2)cc1)CC(=C)C(N)=O. The molecule has 1 unspecified atom stereocenters. The Morgan fingerprint density at radius 1 is 0.970 bits per heavy atom. The van der Waals surface area contributed by atoms with Gasteiger partial charge in [0.2, 0.25) is 11.8 Å². The third-order valence-corrected chi connectivity index (χ3v) is 4.91.